The normalized spacial score (nSPS) is 12.8. The van der Waals surface area contributed by atoms with Crippen molar-refractivity contribution < 1.29 is 9.32 Å². The zero-order chi connectivity index (χ0) is 13.1. The largest absolute Gasteiger partial charge is 0.384 e. The van der Waals surface area contributed by atoms with Gasteiger partial charge in [0.2, 0.25) is 6.39 Å². The topological polar surface area (TPSA) is 80.1 Å². The molecule has 0 saturated heterocycles. The second-order valence-corrected chi connectivity index (χ2v) is 4.40. The van der Waals surface area contributed by atoms with E-state index < -0.39 is 0 Å². The molecular weight excluding hydrogens is 244 g/mol. The minimum atomic E-state index is -0.0711. The Morgan fingerprint density at radius 1 is 1.47 bits per heavy atom. The first-order valence-electron chi connectivity index (χ1n) is 6.23. The van der Waals surface area contributed by atoms with Crippen molar-refractivity contribution in [2.75, 3.05) is 18.4 Å². The number of carbonyl (C=O) groups excluding carboxylic acids is 1. The highest BCUT2D eigenvalue weighted by molar-refractivity contribution is 5.95. The number of hydrogen-bond donors (Lipinski definition) is 2. The third kappa shape index (κ3) is 2.57. The number of nitrogens with one attached hydrogen (secondary N) is 2. The summed E-state index contributed by atoms with van der Waals surface area (Å²) in [5, 5.41) is 9.80. The summed E-state index contributed by atoms with van der Waals surface area (Å²) < 4.78 is 4.63. The maximum atomic E-state index is 12.0. The molecule has 0 bridgehead atoms. The van der Waals surface area contributed by atoms with Gasteiger partial charge >= 0.3 is 0 Å². The van der Waals surface area contributed by atoms with E-state index in [4.69, 9.17) is 0 Å². The van der Waals surface area contributed by atoms with Crippen molar-refractivity contribution in [2.24, 2.45) is 0 Å². The van der Waals surface area contributed by atoms with Gasteiger partial charge in [0.25, 0.3) is 5.91 Å². The number of benzene rings is 1. The monoisotopic (exact) mass is 258 g/mol. The van der Waals surface area contributed by atoms with E-state index in [2.05, 4.69) is 25.3 Å². The molecule has 1 aliphatic heterocycles. The van der Waals surface area contributed by atoms with E-state index in [1.54, 1.807) is 0 Å². The highest BCUT2D eigenvalue weighted by atomic mass is 16.5. The smallest absolute Gasteiger partial charge is 0.251 e. The fraction of sp³-hybridized carbons (Fsp3) is 0.308. The van der Waals surface area contributed by atoms with E-state index in [0.717, 1.165) is 18.7 Å². The van der Waals surface area contributed by atoms with Gasteiger partial charge in [-0.1, -0.05) is 5.16 Å². The second-order valence-electron chi connectivity index (χ2n) is 4.40. The minimum absolute atomic E-state index is 0.0711. The third-order valence-corrected chi connectivity index (χ3v) is 3.12. The lowest BCUT2D eigenvalue weighted by atomic mass is 10.1. The standard InChI is InChI=1S/C13H14N4O2/c18-13(15-6-4-12-16-8-19-17-12)10-1-2-11-9(7-10)3-5-14-11/h1-2,7-8,14H,3-6H2,(H,15,18). The van der Waals surface area contributed by atoms with Crippen molar-refractivity contribution >= 4 is 11.6 Å². The van der Waals surface area contributed by atoms with Crippen molar-refractivity contribution in [1.82, 2.24) is 15.5 Å². The van der Waals surface area contributed by atoms with Crippen LogP contribution in [0.1, 0.15) is 21.7 Å². The fourth-order valence-electron chi connectivity index (χ4n) is 2.14. The quantitative estimate of drug-likeness (QED) is 0.855. The van der Waals surface area contributed by atoms with Crippen LogP contribution in [-0.4, -0.2) is 29.1 Å². The van der Waals surface area contributed by atoms with Crippen LogP contribution >= 0.6 is 0 Å². The summed E-state index contributed by atoms with van der Waals surface area (Å²) in [6.45, 7) is 1.44. The zero-order valence-corrected chi connectivity index (χ0v) is 10.3. The Labute approximate surface area is 110 Å². The van der Waals surface area contributed by atoms with Crippen LogP contribution in [0.5, 0.6) is 0 Å². The van der Waals surface area contributed by atoms with Gasteiger partial charge in [-0.05, 0) is 30.2 Å². The lowest BCUT2D eigenvalue weighted by Crippen LogP contribution is -2.26. The number of nitrogens with zero attached hydrogens (tertiary/aromatic N) is 2. The summed E-state index contributed by atoms with van der Waals surface area (Å²) in [5.41, 5.74) is 3.02. The van der Waals surface area contributed by atoms with E-state index in [9.17, 15) is 4.79 Å². The predicted molar refractivity (Wildman–Crippen MR) is 69.0 cm³/mol. The summed E-state index contributed by atoms with van der Waals surface area (Å²) in [6, 6.07) is 5.73. The molecule has 0 atom stereocenters. The number of anilines is 1. The molecule has 98 valence electrons. The molecule has 1 aliphatic rings. The highest BCUT2D eigenvalue weighted by Gasteiger charge is 2.13. The number of carbonyl (C=O) groups is 1. The molecule has 1 aromatic carbocycles. The number of rotatable bonds is 4. The van der Waals surface area contributed by atoms with E-state index in [1.807, 2.05) is 18.2 Å². The summed E-state index contributed by atoms with van der Waals surface area (Å²) in [5.74, 6) is 0.525. The molecule has 0 fully saturated rings. The molecule has 2 N–H and O–H groups in total. The van der Waals surface area contributed by atoms with Crippen molar-refractivity contribution in [1.29, 1.82) is 0 Å². The molecular formula is C13H14N4O2. The average molecular weight is 258 g/mol. The van der Waals surface area contributed by atoms with E-state index in [0.29, 0.717) is 24.4 Å². The lowest BCUT2D eigenvalue weighted by Gasteiger charge is -2.05. The van der Waals surface area contributed by atoms with Gasteiger partial charge in [-0.2, -0.15) is 4.98 Å². The molecule has 3 rings (SSSR count). The summed E-state index contributed by atoms with van der Waals surface area (Å²) in [6.07, 6.45) is 2.82. The van der Waals surface area contributed by atoms with Gasteiger partial charge in [-0.15, -0.1) is 0 Å². The summed E-state index contributed by atoms with van der Waals surface area (Å²) >= 11 is 0. The van der Waals surface area contributed by atoms with Gasteiger partial charge in [0.15, 0.2) is 5.82 Å². The highest BCUT2D eigenvalue weighted by Crippen LogP contribution is 2.22. The molecule has 0 unspecified atom stereocenters. The zero-order valence-electron chi connectivity index (χ0n) is 10.3. The van der Waals surface area contributed by atoms with Crippen LogP contribution in [0.4, 0.5) is 5.69 Å². The molecule has 2 heterocycles. The van der Waals surface area contributed by atoms with E-state index >= 15 is 0 Å². The molecule has 0 aliphatic carbocycles. The molecule has 6 heteroatoms. The first-order chi connectivity index (χ1) is 9.33. The van der Waals surface area contributed by atoms with Gasteiger partial charge in [0, 0.05) is 30.8 Å². The van der Waals surface area contributed by atoms with Crippen LogP contribution in [0, 0.1) is 0 Å². The van der Waals surface area contributed by atoms with E-state index in [-0.39, 0.29) is 5.91 Å². The summed E-state index contributed by atoms with van der Waals surface area (Å²) in [4.78, 5) is 15.9. The van der Waals surface area contributed by atoms with Crippen LogP contribution in [-0.2, 0) is 12.8 Å². The van der Waals surface area contributed by atoms with Crippen LogP contribution in [0.2, 0.25) is 0 Å². The molecule has 0 spiro atoms. The van der Waals surface area contributed by atoms with Crippen molar-refractivity contribution in [3.63, 3.8) is 0 Å². The fourth-order valence-corrected chi connectivity index (χ4v) is 2.14. The van der Waals surface area contributed by atoms with Crippen LogP contribution in [0.15, 0.2) is 29.1 Å². The van der Waals surface area contributed by atoms with Crippen LogP contribution in [0.3, 0.4) is 0 Å². The molecule has 0 saturated carbocycles. The number of fused-ring (bicyclic) bond motifs is 1. The SMILES string of the molecule is O=C(NCCc1ncon1)c1ccc2c(c1)CCN2. The average Bonchev–Trinajstić information content (AvgIpc) is 3.08. The molecule has 0 radical (unpaired) electrons. The van der Waals surface area contributed by atoms with Crippen molar-refractivity contribution in [3.05, 3.63) is 41.5 Å². The lowest BCUT2D eigenvalue weighted by molar-refractivity contribution is 0.0954. The minimum Gasteiger partial charge on any atom is -0.384 e. The predicted octanol–water partition coefficient (Wildman–Crippen LogP) is 1.01. The number of hydrogen-bond acceptors (Lipinski definition) is 5. The molecule has 2 aromatic rings. The Bertz CT molecular complexity index is 580. The number of aromatic nitrogens is 2. The molecule has 1 aromatic heterocycles. The van der Waals surface area contributed by atoms with Gasteiger partial charge in [-0.25, -0.2) is 0 Å². The van der Waals surface area contributed by atoms with Gasteiger partial charge in [0.05, 0.1) is 0 Å². The summed E-state index contributed by atoms with van der Waals surface area (Å²) in [7, 11) is 0. The van der Waals surface area contributed by atoms with Gasteiger partial charge in [-0.3, -0.25) is 4.79 Å². The second kappa shape index (κ2) is 5.09. The Kier molecular flexibility index (Phi) is 3.14. The van der Waals surface area contributed by atoms with Crippen molar-refractivity contribution in [3.8, 4) is 0 Å². The Balaban J connectivity index is 1.58. The van der Waals surface area contributed by atoms with Gasteiger partial charge < -0.3 is 15.2 Å². The molecule has 1 amide bonds. The maximum absolute atomic E-state index is 12.0. The third-order valence-electron chi connectivity index (χ3n) is 3.12. The molecule has 19 heavy (non-hydrogen) atoms. The number of amides is 1. The Morgan fingerprint density at radius 2 is 2.42 bits per heavy atom. The van der Waals surface area contributed by atoms with Crippen LogP contribution < -0.4 is 10.6 Å². The van der Waals surface area contributed by atoms with Gasteiger partial charge in [0.1, 0.15) is 0 Å². The first-order valence-corrected chi connectivity index (χ1v) is 6.23. The first kappa shape index (κ1) is 11.7. The Morgan fingerprint density at radius 3 is 3.26 bits per heavy atom. The molecule has 6 nitrogen and oxygen atoms in total. The maximum Gasteiger partial charge on any atom is 0.251 e. The van der Waals surface area contributed by atoms with Crippen molar-refractivity contribution in [2.45, 2.75) is 12.8 Å². The van der Waals surface area contributed by atoms with E-state index in [1.165, 1.54) is 12.0 Å². The Hall–Kier alpha value is -2.37. The van der Waals surface area contributed by atoms with Crippen LogP contribution in [0.25, 0.3) is 0 Å².